The van der Waals surface area contributed by atoms with E-state index in [1.165, 1.54) is 11.3 Å². The van der Waals surface area contributed by atoms with Gasteiger partial charge in [-0.05, 0) is 50.3 Å². The molecule has 3 rings (SSSR count). The van der Waals surface area contributed by atoms with Crippen LogP contribution in [0.25, 0.3) is 0 Å². The molecule has 0 unspecified atom stereocenters. The van der Waals surface area contributed by atoms with Gasteiger partial charge in [-0.1, -0.05) is 12.1 Å². The van der Waals surface area contributed by atoms with Crippen LogP contribution >= 0.6 is 0 Å². The lowest BCUT2D eigenvalue weighted by atomic mass is 10.0. The van der Waals surface area contributed by atoms with E-state index < -0.39 is 0 Å². The van der Waals surface area contributed by atoms with Gasteiger partial charge in [0.25, 0.3) is 0 Å². The van der Waals surface area contributed by atoms with Crippen molar-refractivity contribution in [2.24, 2.45) is 0 Å². The molecular formula is C19H28N2O3. The third-order valence-electron chi connectivity index (χ3n) is 4.79. The number of ether oxygens (including phenoxy) is 2. The first-order valence-electron chi connectivity index (χ1n) is 9.01. The Morgan fingerprint density at radius 1 is 1.33 bits per heavy atom. The van der Waals surface area contributed by atoms with Crippen LogP contribution in [-0.2, 0) is 14.3 Å². The molecule has 0 radical (unpaired) electrons. The Morgan fingerprint density at radius 2 is 2.17 bits per heavy atom. The summed E-state index contributed by atoms with van der Waals surface area (Å²) in [6.45, 7) is 5.56. The third kappa shape index (κ3) is 4.95. The number of benzene rings is 1. The predicted molar refractivity (Wildman–Crippen MR) is 94.3 cm³/mol. The summed E-state index contributed by atoms with van der Waals surface area (Å²) >= 11 is 0. The first-order chi connectivity index (χ1) is 11.7. The highest BCUT2D eigenvalue weighted by atomic mass is 16.5. The number of hydrogen-bond acceptors (Lipinski definition) is 4. The Balaban J connectivity index is 1.35. The van der Waals surface area contributed by atoms with Crippen molar-refractivity contribution in [3.8, 4) is 0 Å². The SMILES string of the molecule is Cc1cccc(N2CCC(NC(=O)COC[C@@H]3CCCO3)CC2)c1. The number of amides is 1. The number of nitrogens with one attached hydrogen (secondary N) is 1. The minimum Gasteiger partial charge on any atom is -0.376 e. The lowest BCUT2D eigenvalue weighted by Gasteiger charge is -2.34. The molecule has 2 saturated heterocycles. The fourth-order valence-corrected chi connectivity index (χ4v) is 3.43. The molecule has 0 aliphatic carbocycles. The monoisotopic (exact) mass is 332 g/mol. The molecular weight excluding hydrogens is 304 g/mol. The van der Waals surface area contributed by atoms with Gasteiger partial charge < -0.3 is 19.7 Å². The van der Waals surface area contributed by atoms with Crippen molar-refractivity contribution in [1.29, 1.82) is 0 Å². The molecule has 0 saturated carbocycles. The highest BCUT2D eigenvalue weighted by Gasteiger charge is 2.21. The Labute approximate surface area is 144 Å². The molecule has 2 heterocycles. The van der Waals surface area contributed by atoms with E-state index in [-0.39, 0.29) is 24.7 Å². The molecule has 1 atom stereocenters. The fraction of sp³-hybridized carbons (Fsp3) is 0.632. The Bertz CT molecular complexity index is 535. The highest BCUT2D eigenvalue weighted by molar-refractivity contribution is 5.77. The van der Waals surface area contributed by atoms with Crippen molar-refractivity contribution in [1.82, 2.24) is 5.32 Å². The zero-order chi connectivity index (χ0) is 16.8. The van der Waals surface area contributed by atoms with Gasteiger partial charge in [0, 0.05) is 31.4 Å². The number of piperidine rings is 1. The minimum atomic E-state index is -0.0120. The summed E-state index contributed by atoms with van der Waals surface area (Å²) in [5, 5.41) is 3.10. The molecule has 2 aliphatic heterocycles. The maximum absolute atomic E-state index is 12.0. The molecule has 24 heavy (non-hydrogen) atoms. The second-order valence-corrected chi connectivity index (χ2v) is 6.82. The summed E-state index contributed by atoms with van der Waals surface area (Å²) in [5.41, 5.74) is 2.56. The van der Waals surface area contributed by atoms with Crippen LogP contribution in [0.2, 0.25) is 0 Å². The van der Waals surface area contributed by atoms with Gasteiger partial charge in [0.1, 0.15) is 6.61 Å². The lowest BCUT2D eigenvalue weighted by molar-refractivity contribution is -0.127. The van der Waals surface area contributed by atoms with Crippen LogP contribution in [0.5, 0.6) is 0 Å². The molecule has 1 aromatic rings. The normalized spacial score (nSPS) is 21.9. The average molecular weight is 332 g/mol. The standard InChI is InChI=1S/C19H28N2O3/c1-15-4-2-5-17(12-15)21-9-7-16(8-10-21)20-19(22)14-23-13-18-6-3-11-24-18/h2,4-5,12,16,18H,3,6-11,13-14H2,1H3,(H,20,22)/t18-/m0/s1. The largest absolute Gasteiger partial charge is 0.376 e. The summed E-state index contributed by atoms with van der Waals surface area (Å²) in [4.78, 5) is 14.4. The van der Waals surface area contributed by atoms with Crippen molar-refractivity contribution < 1.29 is 14.3 Å². The summed E-state index contributed by atoms with van der Waals surface area (Å²) in [6.07, 6.45) is 4.27. The molecule has 1 N–H and O–H groups in total. The van der Waals surface area contributed by atoms with Crippen LogP contribution in [0, 0.1) is 6.92 Å². The highest BCUT2D eigenvalue weighted by Crippen LogP contribution is 2.21. The number of hydrogen-bond donors (Lipinski definition) is 1. The van der Waals surface area contributed by atoms with Gasteiger partial charge in [-0.2, -0.15) is 0 Å². The number of rotatable bonds is 6. The number of aryl methyl sites for hydroxylation is 1. The summed E-state index contributed by atoms with van der Waals surface area (Å²) < 4.78 is 11.0. The van der Waals surface area contributed by atoms with E-state index in [2.05, 4.69) is 41.4 Å². The maximum atomic E-state index is 12.0. The van der Waals surface area contributed by atoms with Gasteiger partial charge >= 0.3 is 0 Å². The number of anilines is 1. The zero-order valence-corrected chi connectivity index (χ0v) is 14.5. The average Bonchev–Trinajstić information content (AvgIpc) is 3.09. The first-order valence-corrected chi connectivity index (χ1v) is 9.01. The quantitative estimate of drug-likeness (QED) is 0.868. The Kier molecular flexibility index (Phi) is 6.10. The maximum Gasteiger partial charge on any atom is 0.246 e. The third-order valence-corrected chi connectivity index (χ3v) is 4.79. The van der Waals surface area contributed by atoms with Gasteiger partial charge in [-0.15, -0.1) is 0 Å². The molecule has 0 bridgehead atoms. The van der Waals surface area contributed by atoms with E-state index in [9.17, 15) is 4.79 Å². The van der Waals surface area contributed by atoms with E-state index in [0.717, 1.165) is 45.4 Å². The first kappa shape index (κ1) is 17.2. The molecule has 2 fully saturated rings. The van der Waals surface area contributed by atoms with Gasteiger partial charge in [0.2, 0.25) is 5.91 Å². The van der Waals surface area contributed by atoms with Crippen molar-refractivity contribution in [3.05, 3.63) is 29.8 Å². The summed E-state index contributed by atoms with van der Waals surface area (Å²) in [7, 11) is 0. The zero-order valence-electron chi connectivity index (χ0n) is 14.5. The van der Waals surface area contributed by atoms with Crippen LogP contribution < -0.4 is 10.2 Å². The Hall–Kier alpha value is -1.59. The fourth-order valence-electron chi connectivity index (χ4n) is 3.43. The van der Waals surface area contributed by atoms with E-state index in [1.54, 1.807) is 0 Å². The van der Waals surface area contributed by atoms with Gasteiger partial charge in [0.05, 0.1) is 12.7 Å². The number of carbonyl (C=O) groups is 1. The van der Waals surface area contributed by atoms with Gasteiger partial charge in [-0.25, -0.2) is 0 Å². The van der Waals surface area contributed by atoms with E-state index in [1.807, 2.05) is 0 Å². The topological polar surface area (TPSA) is 50.8 Å². The van der Waals surface area contributed by atoms with Crippen molar-refractivity contribution in [2.45, 2.75) is 44.8 Å². The minimum absolute atomic E-state index is 0.0120. The number of nitrogens with zero attached hydrogens (tertiary/aromatic N) is 1. The lowest BCUT2D eigenvalue weighted by Crippen LogP contribution is -2.45. The van der Waals surface area contributed by atoms with E-state index in [0.29, 0.717) is 6.61 Å². The van der Waals surface area contributed by atoms with Crippen LogP contribution in [0.1, 0.15) is 31.2 Å². The molecule has 1 aromatic carbocycles. The van der Waals surface area contributed by atoms with Crippen LogP contribution in [-0.4, -0.2) is 51.0 Å². The van der Waals surface area contributed by atoms with Crippen LogP contribution in [0.15, 0.2) is 24.3 Å². The molecule has 2 aliphatic rings. The molecule has 0 aromatic heterocycles. The molecule has 0 spiro atoms. The van der Waals surface area contributed by atoms with Crippen molar-refractivity contribution >= 4 is 11.6 Å². The smallest absolute Gasteiger partial charge is 0.246 e. The van der Waals surface area contributed by atoms with Gasteiger partial charge in [0.15, 0.2) is 0 Å². The summed E-state index contributed by atoms with van der Waals surface area (Å²) in [5.74, 6) is -0.0120. The second kappa shape index (κ2) is 8.49. The van der Waals surface area contributed by atoms with Crippen molar-refractivity contribution in [3.63, 3.8) is 0 Å². The van der Waals surface area contributed by atoms with Crippen molar-refractivity contribution in [2.75, 3.05) is 37.8 Å². The predicted octanol–water partition coefficient (Wildman–Crippen LogP) is 2.28. The van der Waals surface area contributed by atoms with Gasteiger partial charge in [-0.3, -0.25) is 4.79 Å². The molecule has 132 valence electrons. The van der Waals surface area contributed by atoms with E-state index in [4.69, 9.17) is 9.47 Å². The van der Waals surface area contributed by atoms with E-state index >= 15 is 0 Å². The Morgan fingerprint density at radius 3 is 2.88 bits per heavy atom. The summed E-state index contributed by atoms with van der Waals surface area (Å²) in [6, 6.07) is 8.85. The molecule has 5 nitrogen and oxygen atoms in total. The molecule has 5 heteroatoms. The number of carbonyl (C=O) groups excluding carboxylic acids is 1. The van der Waals surface area contributed by atoms with Crippen LogP contribution in [0.3, 0.4) is 0 Å². The second-order valence-electron chi connectivity index (χ2n) is 6.82. The molecule has 1 amide bonds. The van der Waals surface area contributed by atoms with Crippen LogP contribution in [0.4, 0.5) is 5.69 Å².